The molecule has 1 heterocycles. The van der Waals surface area contributed by atoms with E-state index in [4.69, 9.17) is 19.9 Å². The predicted octanol–water partition coefficient (Wildman–Crippen LogP) is 1.68. The Bertz CT molecular complexity index is 436. The van der Waals surface area contributed by atoms with E-state index in [2.05, 4.69) is 9.97 Å². The monoisotopic (exact) mass is 281 g/mol. The van der Waals surface area contributed by atoms with Gasteiger partial charge in [-0.1, -0.05) is 0 Å². The quantitative estimate of drug-likeness (QED) is 0.694. The van der Waals surface area contributed by atoms with E-state index in [0.29, 0.717) is 44.0 Å². The molecule has 1 aliphatic carbocycles. The number of hydrogen-bond donors (Lipinski definition) is 1. The molecule has 20 heavy (non-hydrogen) atoms. The summed E-state index contributed by atoms with van der Waals surface area (Å²) in [5.74, 6) is 2.37. The number of nitrogens with two attached hydrogens (primary N) is 1. The molecule has 0 aromatic carbocycles. The van der Waals surface area contributed by atoms with Crippen LogP contribution in [0.15, 0.2) is 0 Å². The van der Waals surface area contributed by atoms with Gasteiger partial charge >= 0.3 is 0 Å². The lowest BCUT2D eigenvalue weighted by Crippen LogP contribution is -2.12. The Kier molecular flexibility index (Phi) is 5.55. The average molecular weight is 281 g/mol. The summed E-state index contributed by atoms with van der Waals surface area (Å²) in [6.07, 6.45) is 3.18. The van der Waals surface area contributed by atoms with Gasteiger partial charge in [0.1, 0.15) is 18.2 Å². The first-order valence-corrected chi connectivity index (χ1v) is 7.06. The molecule has 0 atom stereocenters. The number of anilines is 1. The molecular weight excluding hydrogens is 258 g/mol. The van der Waals surface area contributed by atoms with E-state index in [-0.39, 0.29) is 0 Å². The van der Waals surface area contributed by atoms with Crippen LogP contribution >= 0.6 is 0 Å². The second-order valence-corrected chi connectivity index (χ2v) is 4.98. The van der Waals surface area contributed by atoms with Gasteiger partial charge in [0.2, 0.25) is 5.88 Å². The van der Waals surface area contributed by atoms with Crippen molar-refractivity contribution in [3.8, 4) is 5.88 Å². The van der Waals surface area contributed by atoms with E-state index in [9.17, 15) is 0 Å². The molecule has 1 aromatic heterocycles. The van der Waals surface area contributed by atoms with E-state index in [1.807, 2.05) is 6.92 Å². The van der Waals surface area contributed by atoms with Crippen LogP contribution in [0.3, 0.4) is 0 Å². The summed E-state index contributed by atoms with van der Waals surface area (Å²) in [6.45, 7) is 4.27. The fraction of sp³-hybridized carbons (Fsp3) is 0.714. The van der Waals surface area contributed by atoms with Crippen molar-refractivity contribution < 1.29 is 14.2 Å². The summed E-state index contributed by atoms with van der Waals surface area (Å²) in [5.41, 5.74) is 6.70. The number of nitrogens with zero attached hydrogens (tertiary/aromatic N) is 2. The van der Waals surface area contributed by atoms with E-state index in [1.165, 1.54) is 0 Å². The van der Waals surface area contributed by atoms with Crippen LogP contribution in [0.4, 0.5) is 5.82 Å². The lowest BCUT2D eigenvalue weighted by atomic mass is 10.3. The van der Waals surface area contributed by atoms with Crippen LogP contribution in [0.5, 0.6) is 5.88 Å². The summed E-state index contributed by atoms with van der Waals surface area (Å²) >= 11 is 0. The van der Waals surface area contributed by atoms with Gasteiger partial charge in [-0.15, -0.1) is 0 Å². The fourth-order valence-corrected chi connectivity index (χ4v) is 1.80. The summed E-state index contributed by atoms with van der Waals surface area (Å²) in [6, 6.07) is 0. The van der Waals surface area contributed by atoms with Crippen molar-refractivity contribution in [3.63, 3.8) is 0 Å². The van der Waals surface area contributed by atoms with Crippen molar-refractivity contribution in [2.75, 3.05) is 39.3 Å². The van der Waals surface area contributed by atoms with Crippen molar-refractivity contribution in [3.05, 3.63) is 11.4 Å². The van der Waals surface area contributed by atoms with Gasteiger partial charge in [0.05, 0.1) is 12.2 Å². The second-order valence-electron chi connectivity index (χ2n) is 4.98. The SMILES string of the molecule is COCCCOCCOc1nc(C2CC2)nc(N)c1C. The van der Waals surface area contributed by atoms with Gasteiger partial charge in [-0.05, 0) is 26.2 Å². The van der Waals surface area contributed by atoms with Crippen molar-refractivity contribution in [1.29, 1.82) is 0 Å². The van der Waals surface area contributed by atoms with Crippen LogP contribution in [0, 0.1) is 6.92 Å². The molecule has 6 heteroatoms. The van der Waals surface area contributed by atoms with E-state index in [1.54, 1.807) is 7.11 Å². The van der Waals surface area contributed by atoms with Gasteiger partial charge < -0.3 is 19.9 Å². The van der Waals surface area contributed by atoms with E-state index in [0.717, 1.165) is 30.7 Å². The number of ether oxygens (including phenoxy) is 3. The van der Waals surface area contributed by atoms with Gasteiger partial charge in [0.15, 0.2) is 0 Å². The molecular formula is C14H23N3O3. The normalized spacial score (nSPS) is 14.5. The molecule has 0 aliphatic heterocycles. The van der Waals surface area contributed by atoms with Crippen molar-refractivity contribution in [2.24, 2.45) is 0 Å². The third kappa shape index (κ3) is 4.31. The molecule has 6 nitrogen and oxygen atoms in total. The van der Waals surface area contributed by atoms with Crippen LogP contribution in [-0.4, -0.2) is 43.5 Å². The number of rotatable bonds is 9. The molecule has 112 valence electrons. The van der Waals surface area contributed by atoms with Crippen molar-refractivity contribution in [1.82, 2.24) is 9.97 Å². The highest BCUT2D eigenvalue weighted by molar-refractivity contribution is 5.45. The zero-order valence-electron chi connectivity index (χ0n) is 12.2. The topological polar surface area (TPSA) is 79.5 Å². The van der Waals surface area contributed by atoms with Gasteiger partial charge in [0.25, 0.3) is 0 Å². The summed E-state index contributed by atoms with van der Waals surface area (Å²) < 4.78 is 16.0. The first kappa shape index (κ1) is 15.0. The van der Waals surface area contributed by atoms with Crippen LogP contribution in [-0.2, 0) is 9.47 Å². The molecule has 0 saturated heterocycles. The highest BCUT2D eigenvalue weighted by Crippen LogP contribution is 2.39. The molecule has 1 saturated carbocycles. The van der Waals surface area contributed by atoms with Gasteiger partial charge in [-0.25, -0.2) is 4.98 Å². The first-order chi connectivity index (χ1) is 9.72. The van der Waals surface area contributed by atoms with Crippen LogP contribution in [0.1, 0.15) is 36.6 Å². The minimum Gasteiger partial charge on any atom is -0.475 e. The summed E-state index contributed by atoms with van der Waals surface area (Å²) in [5, 5.41) is 0. The lowest BCUT2D eigenvalue weighted by Gasteiger charge is -2.11. The maximum atomic E-state index is 5.90. The zero-order valence-corrected chi connectivity index (χ0v) is 12.2. The standard InChI is InChI=1S/C14H23N3O3/c1-10-12(15)16-13(11-4-5-11)17-14(10)20-9-8-19-7-3-6-18-2/h11H,3-9H2,1-2H3,(H2,15,16,17). The maximum Gasteiger partial charge on any atom is 0.221 e. The molecule has 0 spiro atoms. The molecule has 1 aliphatic rings. The van der Waals surface area contributed by atoms with Gasteiger partial charge in [-0.2, -0.15) is 4.98 Å². The third-order valence-corrected chi connectivity index (χ3v) is 3.20. The summed E-state index contributed by atoms with van der Waals surface area (Å²) in [7, 11) is 1.68. The van der Waals surface area contributed by atoms with Crippen LogP contribution in [0.25, 0.3) is 0 Å². The Morgan fingerprint density at radius 3 is 2.65 bits per heavy atom. The lowest BCUT2D eigenvalue weighted by molar-refractivity contribution is 0.0793. The minimum atomic E-state index is 0.463. The maximum absolute atomic E-state index is 5.90. The highest BCUT2D eigenvalue weighted by atomic mass is 16.5. The van der Waals surface area contributed by atoms with E-state index >= 15 is 0 Å². The van der Waals surface area contributed by atoms with Crippen molar-refractivity contribution >= 4 is 5.82 Å². The molecule has 1 aromatic rings. The molecule has 1 fully saturated rings. The summed E-state index contributed by atoms with van der Waals surface area (Å²) in [4.78, 5) is 8.77. The first-order valence-electron chi connectivity index (χ1n) is 7.06. The number of nitrogen functional groups attached to an aromatic ring is 1. The Balaban J connectivity index is 1.77. The smallest absolute Gasteiger partial charge is 0.221 e. The Morgan fingerprint density at radius 1 is 1.15 bits per heavy atom. The van der Waals surface area contributed by atoms with Crippen LogP contribution < -0.4 is 10.5 Å². The second kappa shape index (κ2) is 7.40. The van der Waals surface area contributed by atoms with Crippen molar-refractivity contribution in [2.45, 2.75) is 32.1 Å². The van der Waals surface area contributed by atoms with Gasteiger partial charge in [-0.3, -0.25) is 0 Å². The molecule has 0 unspecified atom stereocenters. The fourth-order valence-electron chi connectivity index (χ4n) is 1.80. The average Bonchev–Trinajstić information content (AvgIpc) is 3.26. The molecule has 0 radical (unpaired) electrons. The molecule has 0 bridgehead atoms. The molecule has 2 N–H and O–H groups in total. The number of aromatic nitrogens is 2. The molecule has 0 amide bonds. The van der Waals surface area contributed by atoms with Gasteiger partial charge in [0, 0.05) is 26.2 Å². The zero-order chi connectivity index (χ0) is 14.4. The van der Waals surface area contributed by atoms with E-state index < -0.39 is 0 Å². The predicted molar refractivity (Wildman–Crippen MR) is 76.0 cm³/mol. The number of methoxy groups -OCH3 is 1. The minimum absolute atomic E-state index is 0.463. The highest BCUT2D eigenvalue weighted by Gasteiger charge is 2.28. The third-order valence-electron chi connectivity index (χ3n) is 3.20. The Hall–Kier alpha value is -1.40. The van der Waals surface area contributed by atoms with Crippen LogP contribution in [0.2, 0.25) is 0 Å². The Morgan fingerprint density at radius 2 is 1.95 bits per heavy atom. The number of hydrogen-bond acceptors (Lipinski definition) is 6. The Labute approximate surface area is 119 Å². The molecule has 2 rings (SSSR count). The largest absolute Gasteiger partial charge is 0.475 e.